The number of ether oxygens (including phenoxy) is 1. The molecule has 17 heavy (non-hydrogen) atoms. The molecule has 0 aromatic rings. The molecule has 0 atom stereocenters. The lowest BCUT2D eigenvalue weighted by atomic mass is 10.2. The van der Waals surface area contributed by atoms with E-state index < -0.39 is 10.0 Å². The molecular formula is C10H23N3O3S. The molecule has 0 amide bonds. The average molecular weight is 265 g/mol. The summed E-state index contributed by atoms with van der Waals surface area (Å²) < 4.78 is 30.6. The van der Waals surface area contributed by atoms with E-state index in [0.29, 0.717) is 19.4 Å². The molecule has 0 saturated carbocycles. The van der Waals surface area contributed by atoms with E-state index in [9.17, 15) is 8.42 Å². The first-order valence-electron chi connectivity index (χ1n) is 5.75. The Labute approximate surface area is 103 Å². The normalized spacial score (nSPS) is 11.9. The van der Waals surface area contributed by atoms with Crippen LogP contribution in [0.3, 0.4) is 0 Å². The summed E-state index contributed by atoms with van der Waals surface area (Å²) in [5.74, 6) is 0.121. The Balaban J connectivity index is 3.61. The molecule has 0 heterocycles. The second-order valence-electron chi connectivity index (χ2n) is 4.12. The summed E-state index contributed by atoms with van der Waals surface area (Å²) >= 11 is 0. The molecular weight excluding hydrogens is 242 g/mol. The highest BCUT2D eigenvalue weighted by molar-refractivity contribution is 7.89. The third kappa shape index (κ3) is 11.6. The summed E-state index contributed by atoms with van der Waals surface area (Å²) in [6.07, 6.45) is 1.96. The first-order valence-corrected chi connectivity index (χ1v) is 7.40. The van der Waals surface area contributed by atoms with Gasteiger partial charge < -0.3 is 10.5 Å². The molecule has 0 aliphatic rings. The molecule has 0 bridgehead atoms. The number of amidine groups is 1. The van der Waals surface area contributed by atoms with Crippen LogP contribution in [0.25, 0.3) is 0 Å². The number of hydrogen-bond acceptors (Lipinski definition) is 4. The maximum atomic E-state index is 11.5. The lowest BCUT2D eigenvalue weighted by Gasteiger charge is -2.09. The minimum Gasteiger partial charge on any atom is -0.388 e. The van der Waals surface area contributed by atoms with Crippen molar-refractivity contribution in [2.45, 2.75) is 39.2 Å². The maximum Gasteiger partial charge on any atom is 0.213 e. The van der Waals surface area contributed by atoms with Gasteiger partial charge in [-0.25, -0.2) is 13.1 Å². The average Bonchev–Trinajstić information content (AvgIpc) is 2.15. The SMILES string of the molecule is CC(C)OCCS(=O)(=O)NCCCCC(=N)N. The highest BCUT2D eigenvalue weighted by Crippen LogP contribution is 1.95. The number of unbranched alkanes of at least 4 members (excludes halogenated alkanes) is 1. The first kappa shape index (κ1) is 16.3. The molecule has 0 aliphatic carbocycles. The molecule has 0 aromatic heterocycles. The van der Waals surface area contributed by atoms with Crippen LogP contribution in [0.5, 0.6) is 0 Å². The lowest BCUT2D eigenvalue weighted by Crippen LogP contribution is -2.29. The van der Waals surface area contributed by atoms with E-state index in [1.165, 1.54) is 0 Å². The van der Waals surface area contributed by atoms with Crippen LogP contribution in [0, 0.1) is 5.41 Å². The minimum atomic E-state index is -3.24. The zero-order valence-electron chi connectivity index (χ0n) is 10.5. The molecule has 4 N–H and O–H groups in total. The predicted molar refractivity (Wildman–Crippen MR) is 68.6 cm³/mol. The van der Waals surface area contributed by atoms with Crippen molar-refractivity contribution in [1.29, 1.82) is 5.41 Å². The molecule has 102 valence electrons. The fourth-order valence-electron chi connectivity index (χ4n) is 1.13. The van der Waals surface area contributed by atoms with Crippen LogP contribution in [-0.4, -0.2) is 39.3 Å². The van der Waals surface area contributed by atoms with Gasteiger partial charge >= 0.3 is 0 Å². The number of nitrogens with two attached hydrogens (primary N) is 1. The van der Waals surface area contributed by atoms with E-state index in [4.69, 9.17) is 15.9 Å². The van der Waals surface area contributed by atoms with Crippen molar-refractivity contribution in [2.75, 3.05) is 18.9 Å². The molecule has 0 unspecified atom stereocenters. The van der Waals surface area contributed by atoms with Gasteiger partial charge in [0.1, 0.15) is 0 Å². The van der Waals surface area contributed by atoms with Crippen LogP contribution in [0.2, 0.25) is 0 Å². The van der Waals surface area contributed by atoms with Crippen molar-refractivity contribution in [1.82, 2.24) is 4.72 Å². The first-order chi connectivity index (χ1) is 7.83. The van der Waals surface area contributed by atoms with Crippen molar-refractivity contribution >= 4 is 15.9 Å². The van der Waals surface area contributed by atoms with Gasteiger partial charge in [-0.3, -0.25) is 5.41 Å². The van der Waals surface area contributed by atoms with Gasteiger partial charge in [0.2, 0.25) is 10.0 Å². The fourth-order valence-corrected chi connectivity index (χ4v) is 2.05. The Morgan fingerprint density at radius 2 is 2.06 bits per heavy atom. The van der Waals surface area contributed by atoms with Gasteiger partial charge in [0.05, 0.1) is 24.3 Å². The maximum absolute atomic E-state index is 11.5. The lowest BCUT2D eigenvalue weighted by molar-refractivity contribution is 0.0911. The zero-order valence-corrected chi connectivity index (χ0v) is 11.3. The molecule has 0 rings (SSSR count). The Hall–Kier alpha value is -0.660. The van der Waals surface area contributed by atoms with Crippen molar-refractivity contribution < 1.29 is 13.2 Å². The van der Waals surface area contributed by atoms with Gasteiger partial charge in [0, 0.05) is 13.0 Å². The number of hydrogen-bond donors (Lipinski definition) is 3. The predicted octanol–water partition coefficient (Wildman–Crippen LogP) is 0.437. The Kier molecular flexibility index (Phi) is 8.11. The number of sulfonamides is 1. The smallest absolute Gasteiger partial charge is 0.213 e. The van der Waals surface area contributed by atoms with Gasteiger partial charge in [0.25, 0.3) is 0 Å². The highest BCUT2D eigenvalue weighted by Gasteiger charge is 2.09. The summed E-state index contributed by atoms with van der Waals surface area (Å²) in [6.45, 7) is 4.32. The van der Waals surface area contributed by atoms with Crippen LogP contribution in [-0.2, 0) is 14.8 Å². The second kappa shape index (κ2) is 8.43. The molecule has 0 fully saturated rings. The fraction of sp³-hybridized carbons (Fsp3) is 0.900. The standard InChI is InChI=1S/C10H23N3O3S/c1-9(2)16-7-8-17(14,15)13-6-4-3-5-10(11)12/h9,13H,3-8H2,1-2H3,(H3,11,12). The second-order valence-corrected chi connectivity index (χ2v) is 6.04. The van der Waals surface area contributed by atoms with Gasteiger partial charge in [0.15, 0.2) is 0 Å². The van der Waals surface area contributed by atoms with Crippen molar-refractivity contribution in [2.24, 2.45) is 5.73 Å². The summed E-state index contributed by atoms with van der Waals surface area (Å²) in [4.78, 5) is 0. The summed E-state index contributed by atoms with van der Waals surface area (Å²) in [5, 5.41) is 7.01. The van der Waals surface area contributed by atoms with Crippen LogP contribution < -0.4 is 10.5 Å². The van der Waals surface area contributed by atoms with Gasteiger partial charge in [-0.15, -0.1) is 0 Å². The van der Waals surface area contributed by atoms with Gasteiger partial charge in [-0.2, -0.15) is 0 Å². The highest BCUT2D eigenvalue weighted by atomic mass is 32.2. The molecule has 6 nitrogen and oxygen atoms in total. The molecule has 0 aliphatic heterocycles. The van der Waals surface area contributed by atoms with Crippen molar-refractivity contribution in [3.8, 4) is 0 Å². The number of nitrogens with one attached hydrogen (secondary N) is 2. The van der Waals surface area contributed by atoms with E-state index in [1.807, 2.05) is 13.8 Å². The van der Waals surface area contributed by atoms with E-state index in [2.05, 4.69) is 4.72 Å². The van der Waals surface area contributed by atoms with Gasteiger partial charge in [-0.1, -0.05) is 0 Å². The Morgan fingerprint density at radius 1 is 1.41 bits per heavy atom. The van der Waals surface area contributed by atoms with Crippen LogP contribution in [0.15, 0.2) is 0 Å². The van der Waals surface area contributed by atoms with Gasteiger partial charge in [-0.05, 0) is 26.7 Å². The largest absolute Gasteiger partial charge is 0.388 e. The van der Waals surface area contributed by atoms with Crippen LogP contribution >= 0.6 is 0 Å². The molecule has 0 spiro atoms. The monoisotopic (exact) mass is 265 g/mol. The van der Waals surface area contributed by atoms with E-state index in [0.717, 1.165) is 6.42 Å². The van der Waals surface area contributed by atoms with Crippen molar-refractivity contribution in [3.63, 3.8) is 0 Å². The summed E-state index contributed by atoms with van der Waals surface area (Å²) in [7, 11) is -3.24. The minimum absolute atomic E-state index is 0.0160. The number of rotatable bonds is 10. The molecule has 0 radical (unpaired) electrons. The topological polar surface area (TPSA) is 105 Å². The Morgan fingerprint density at radius 3 is 2.59 bits per heavy atom. The summed E-state index contributed by atoms with van der Waals surface area (Å²) in [5.41, 5.74) is 5.18. The molecule has 7 heteroatoms. The molecule has 0 aromatic carbocycles. The molecule has 0 saturated heterocycles. The zero-order chi connectivity index (χ0) is 13.3. The van der Waals surface area contributed by atoms with Crippen molar-refractivity contribution in [3.05, 3.63) is 0 Å². The Bertz CT molecular complexity index is 315. The van der Waals surface area contributed by atoms with E-state index in [1.54, 1.807) is 0 Å². The summed E-state index contributed by atoms with van der Waals surface area (Å²) in [6, 6.07) is 0. The third-order valence-corrected chi connectivity index (χ3v) is 3.35. The van der Waals surface area contributed by atoms with E-state index in [-0.39, 0.29) is 24.3 Å². The van der Waals surface area contributed by atoms with Crippen LogP contribution in [0.4, 0.5) is 0 Å². The quantitative estimate of drug-likeness (QED) is 0.303. The third-order valence-electron chi connectivity index (χ3n) is 2.00. The van der Waals surface area contributed by atoms with E-state index >= 15 is 0 Å². The van der Waals surface area contributed by atoms with Crippen LogP contribution in [0.1, 0.15) is 33.1 Å².